The number of aryl methyl sites for hydroxylation is 1. The number of para-hydroxylation sites is 1. The minimum Gasteiger partial charge on any atom is -0.475 e. The van der Waals surface area contributed by atoms with Crippen molar-refractivity contribution in [1.29, 1.82) is 0 Å². The van der Waals surface area contributed by atoms with E-state index in [0.717, 1.165) is 28.9 Å². The number of rotatable bonds is 4. The smallest absolute Gasteiger partial charge is 0.475 e. The summed E-state index contributed by atoms with van der Waals surface area (Å²) in [6, 6.07) is 7.01. The van der Waals surface area contributed by atoms with Gasteiger partial charge in [-0.2, -0.15) is 13.2 Å². The molecule has 2 amide bonds. The largest absolute Gasteiger partial charge is 0.490 e. The lowest BCUT2D eigenvalue weighted by atomic mass is 10.1. The van der Waals surface area contributed by atoms with Crippen molar-refractivity contribution in [1.82, 2.24) is 20.3 Å². The van der Waals surface area contributed by atoms with Crippen LogP contribution in [0.25, 0.3) is 22.3 Å². The average molecular weight is 478 g/mol. The number of fused-ring (bicyclic) bond motifs is 2. The molecule has 1 unspecified atom stereocenters. The predicted octanol–water partition coefficient (Wildman–Crippen LogP) is 2.14. The molecular formula is C21H21F3N6O4. The summed E-state index contributed by atoms with van der Waals surface area (Å²) in [6.07, 6.45) is -4.32. The zero-order valence-electron chi connectivity index (χ0n) is 18.1. The van der Waals surface area contributed by atoms with Gasteiger partial charge in [-0.3, -0.25) is 9.59 Å². The Morgan fingerprint density at radius 2 is 1.91 bits per heavy atom. The molecule has 6 N–H and O–H groups in total. The number of nitrogens with two attached hydrogens (primary N) is 1. The molecule has 0 radical (unpaired) electrons. The summed E-state index contributed by atoms with van der Waals surface area (Å²) in [5.74, 6) is -2.78. The van der Waals surface area contributed by atoms with Crippen molar-refractivity contribution >= 4 is 34.6 Å². The second kappa shape index (κ2) is 9.37. The third kappa shape index (κ3) is 5.24. The first-order valence-electron chi connectivity index (χ1n) is 10.0. The second-order valence-corrected chi connectivity index (χ2v) is 7.48. The number of H-pyrrole nitrogens is 1. The van der Waals surface area contributed by atoms with E-state index in [2.05, 4.69) is 20.6 Å². The molecule has 0 fully saturated rings. The fraction of sp³-hybridized carbons (Fsp3) is 0.286. The molecule has 2 aromatic heterocycles. The number of aromatic amines is 1. The first-order valence-corrected chi connectivity index (χ1v) is 10.0. The number of aliphatic carboxylic acids is 1. The third-order valence-electron chi connectivity index (χ3n) is 4.99. The fourth-order valence-corrected chi connectivity index (χ4v) is 3.23. The number of anilines is 1. The van der Waals surface area contributed by atoms with Crippen LogP contribution in [-0.4, -0.2) is 56.6 Å². The Kier molecular flexibility index (Phi) is 6.75. The molecule has 1 aromatic carbocycles. The molecule has 4 rings (SSSR count). The second-order valence-electron chi connectivity index (χ2n) is 7.48. The van der Waals surface area contributed by atoms with E-state index in [9.17, 15) is 22.8 Å². The van der Waals surface area contributed by atoms with Gasteiger partial charge in [0.2, 0.25) is 5.91 Å². The number of nitrogens with one attached hydrogen (secondary N) is 3. The Labute approximate surface area is 190 Å². The predicted molar refractivity (Wildman–Crippen MR) is 116 cm³/mol. The van der Waals surface area contributed by atoms with Crippen molar-refractivity contribution in [2.45, 2.75) is 32.5 Å². The van der Waals surface area contributed by atoms with Gasteiger partial charge < -0.3 is 26.5 Å². The van der Waals surface area contributed by atoms with E-state index in [4.69, 9.17) is 20.6 Å². The van der Waals surface area contributed by atoms with Crippen LogP contribution in [0.3, 0.4) is 0 Å². The highest BCUT2D eigenvalue weighted by Gasteiger charge is 2.38. The maximum Gasteiger partial charge on any atom is 0.490 e. The number of benzene rings is 1. The summed E-state index contributed by atoms with van der Waals surface area (Å²) in [6.45, 7) is 4.13. The summed E-state index contributed by atoms with van der Waals surface area (Å²) in [5, 5.41) is 13.0. The topological polar surface area (TPSA) is 163 Å². The quantitative estimate of drug-likeness (QED) is 0.383. The van der Waals surface area contributed by atoms with Gasteiger partial charge in [0, 0.05) is 29.9 Å². The molecule has 13 heteroatoms. The van der Waals surface area contributed by atoms with Crippen molar-refractivity contribution in [3.05, 3.63) is 41.2 Å². The molecule has 180 valence electrons. The van der Waals surface area contributed by atoms with E-state index in [-0.39, 0.29) is 5.91 Å². The lowest BCUT2D eigenvalue weighted by Crippen LogP contribution is -2.33. The first kappa shape index (κ1) is 24.5. The number of hydrogen-bond donors (Lipinski definition) is 5. The van der Waals surface area contributed by atoms with E-state index in [0.29, 0.717) is 29.1 Å². The molecule has 0 aliphatic carbocycles. The average Bonchev–Trinajstić information content (AvgIpc) is 3.19. The van der Waals surface area contributed by atoms with Crippen LogP contribution in [0.1, 0.15) is 28.7 Å². The van der Waals surface area contributed by atoms with E-state index in [1.54, 1.807) is 6.92 Å². The number of carboxylic acids is 1. The van der Waals surface area contributed by atoms with Crippen LogP contribution in [0, 0.1) is 6.92 Å². The van der Waals surface area contributed by atoms with Gasteiger partial charge in [0.1, 0.15) is 17.4 Å². The molecule has 0 saturated heterocycles. The van der Waals surface area contributed by atoms with Gasteiger partial charge >= 0.3 is 12.1 Å². The Morgan fingerprint density at radius 3 is 2.50 bits per heavy atom. The van der Waals surface area contributed by atoms with Gasteiger partial charge in [-0.15, -0.1) is 0 Å². The monoisotopic (exact) mass is 478 g/mol. The molecule has 0 bridgehead atoms. The van der Waals surface area contributed by atoms with Gasteiger partial charge in [-0.1, -0.05) is 12.1 Å². The Hall–Kier alpha value is -4.16. The van der Waals surface area contributed by atoms with Crippen molar-refractivity contribution in [2.75, 3.05) is 11.9 Å². The fourth-order valence-electron chi connectivity index (χ4n) is 3.23. The molecule has 3 heterocycles. The Morgan fingerprint density at radius 1 is 1.24 bits per heavy atom. The number of carbonyl (C=O) groups excluding carboxylic acids is 2. The lowest BCUT2D eigenvalue weighted by molar-refractivity contribution is -0.192. The molecule has 1 aliphatic rings. The highest BCUT2D eigenvalue weighted by molar-refractivity contribution is 5.99. The van der Waals surface area contributed by atoms with Crippen molar-refractivity contribution in [2.24, 2.45) is 5.73 Å². The highest BCUT2D eigenvalue weighted by Crippen LogP contribution is 2.30. The Bertz CT molecular complexity index is 1270. The first-order chi connectivity index (χ1) is 15.9. The third-order valence-corrected chi connectivity index (χ3v) is 4.99. The minimum atomic E-state index is -5.08. The van der Waals surface area contributed by atoms with Crippen molar-refractivity contribution in [3.8, 4) is 11.3 Å². The number of nitrogens with zero attached hydrogens (tertiary/aromatic N) is 2. The Balaban J connectivity index is 0.000000406. The van der Waals surface area contributed by atoms with Crippen LogP contribution in [0.5, 0.6) is 0 Å². The number of hydrogen-bond acceptors (Lipinski definition) is 6. The highest BCUT2D eigenvalue weighted by atomic mass is 19.4. The number of amides is 2. The summed E-state index contributed by atoms with van der Waals surface area (Å²) >= 11 is 0. The van der Waals surface area contributed by atoms with Crippen molar-refractivity contribution in [3.63, 3.8) is 0 Å². The maximum absolute atomic E-state index is 12.1. The van der Waals surface area contributed by atoms with Gasteiger partial charge in [0.15, 0.2) is 0 Å². The van der Waals surface area contributed by atoms with E-state index in [1.165, 1.54) is 0 Å². The molecule has 1 atom stereocenters. The lowest BCUT2D eigenvalue weighted by Gasteiger charge is -2.14. The molecule has 10 nitrogen and oxygen atoms in total. The minimum absolute atomic E-state index is 0.0708. The van der Waals surface area contributed by atoms with Crippen molar-refractivity contribution < 1.29 is 32.7 Å². The van der Waals surface area contributed by atoms with Crippen LogP contribution >= 0.6 is 0 Å². The van der Waals surface area contributed by atoms with Gasteiger partial charge in [-0.05, 0) is 26.0 Å². The molecule has 34 heavy (non-hydrogen) atoms. The molecular weight excluding hydrogens is 457 g/mol. The maximum atomic E-state index is 12.1. The van der Waals surface area contributed by atoms with Gasteiger partial charge in [0.05, 0.1) is 16.8 Å². The van der Waals surface area contributed by atoms with Crippen LogP contribution < -0.4 is 16.4 Å². The van der Waals surface area contributed by atoms with E-state index < -0.39 is 24.1 Å². The molecule has 0 saturated carbocycles. The standard InChI is InChI=1S/C19H20N6O2.C2HF3O2/c1-9(17(20)26)23-18-10(2)22-14-5-3-4-11(16(14)25-18)15-8-12-13(24-15)6-7-21-19(12)27;3-2(4,5)1(6)7/h3-5,8-9,24H,6-7H2,1-2H3,(H2,20,26)(H,21,27)(H,23,25);(H,6,7). The number of halogens is 3. The van der Waals surface area contributed by atoms with Crippen LogP contribution in [0.2, 0.25) is 0 Å². The number of aromatic nitrogens is 3. The van der Waals surface area contributed by atoms with Crippen LogP contribution in [0.15, 0.2) is 24.3 Å². The molecule has 3 aromatic rings. The zero-order chi connectivity index (χ0) is 25.2. The number of alkyl halides is 3. The van der Waals surface area contributed by atoms with Gasteiger partial charge in [-0.25, -0.2) is 14.8 Å². The number of carboxylic acid groups (broad SMARTS) is 1. The summed E-state index contributed by atoms with van der Waals surface area (Å²) < 4.78 is 31.7. The van der Waals surface area contributed by atoms with E-state index >= 15 is 0 Å². The zero-order valence-corrected chi connectivity index (χ0v) is 18.1. The van der Waals surface area contributed by atoms with Crippen LogP contribution in [-0.2, 0) is 16.0 Å². The normalized spacial score (nSPS) is 13.9. The summed E-state index contributed by atoms with van der Waals surface area (Å²) in [4.78, 5) is 45.0. The van der Waals surface area contributed by atoms with Crippen LogP contribution in [0.4, 0.5) is 19.0 Å². The number of carbonyl (C=O) groups is 3. The van der Waals surface area contributed by atoms with E-state index in [1.807, 2.05) is 31.2 Å². The van der Waals surface area contributed by atoms with Gasteiger partial charge in [0.25, 0.3) is 5.91 Å². The number of primary amides is 1. The molecule has 0 spiro atoms. The SMILES string of the molecule is Cc1nc2cccc(-c3cc4c([nH]3)CCNC4=O)c2nc1NC(C)C(N)=O.O=C(O)C(F)(F)F. The molecule has 1 aliphatic heterocycles. The summed E-state index contributed by atoms with van der Waals surface area (Å²) in [5.41, 5.74) is 10.7. The summed E-state index contributed by atoms with van der Waals surface area (Å²) in [7, 11) is 0.